The lowest BCUT2D eigenvalue weighted by atomic mass is 10.2. The zero-order chi connectivity index (χ0) is 13.5. The Bertz CT molecular complexity index is 532. The van der Waals surface area contributed by atoms with E-state index in [0.29, 0.717) is 23.9 Å². The Hall–Kier alpha value is -2.24. The van der Waals surface area contributed by atoms with Gasteiger partial charge < -0.3 is 10.6 Å². The smallest absolute Gasteiger partial charge is 0.244 e. The molecule has 0 saturated heterocycles. The highest BCUT2D eigenvalue weighted by atomic mass is 19.1. The Labute approximate surface area is 111 Å². The van der Waals surface area contributed by atoms with E-state index in [1.54, 1.807) is 24.4 Å². The maximum absolute atomic E-state index is 13.4. The van der Waals surface area contributed by atoms with Gasteiger partial charge in [0.1, 0.15) is 11.6 Å². The number of rotatable bonds is 6. The van der Waals surface area contributed by atoms with E-state index in [4.69, 9.17) is 0 Å². The number of nitrogens with one attached hydrogen (secondary N) is 2. The molecule has 5 nitrogen and oxygen atoms in total. The lowest BCUT2D eigenvalue weighted by molar-refractivity contribution is 0.612. The summed E-state index contributed by atoms with van der Waals surface area (Å²) >= 11 is 0. The van der Waals surface area contributed by atoms with Gasteiger partial charge in [-0.25, -0.2) is 4.39 Å². The molecule has 0 radical (unpaired) electrons. The minimum Gasteiger partial charge on any atom is -0.369 e. The molecule has 0 fully saturated rings. The molecule has 1 aromatic heterocycles. The van der Waals surface area contributed by atoms with Crippen LogP contribution in [-0.2, 0) is 6.54 Å². The Morgan fingerprint density at radius 3 is 2.84 bits per heavy atom. The average Bonchev–Trinajstić information content (AvgIpc) is 2.45. The summed E-state index contributed by atoms with van der Waals surface area (Å²) in [5, 5.41) is 13.8. The molecule has 0 aliphatic heterocycles. The molecule has 2 rings (SSSR count). The molecular weight excluding hydrogens is 245 g/mol. The average molecular weight is 261 g/mol. The van der Waals surface area contributed by atoms with Crippen LogP contribution in [0.25, 0.3) is 0 Å². The summed E-state index contributed by atoms with van der Waals surface area (Å²) in [5.74, 6) is 0.792. The first-order valence-corrected chi connectivity index (χ1v) is 6.20. The van der Waals surface area contributed by atoms with Crippen LogP contribution in [0.2, 0.25) is 0 Å². The Balaban J connectivity index is 1.98. The molecule has 2 N–H and O–H groups in total. The highest BCUT2D eigenvalue weighted by Gasteiger charge is 2.03. The quantitative estimate of drug-likeness (QED) is 0.836. The van der Waals surface area contributed by atoms with Crippen molar-refractivity contribution in [3.63, 3.8) is 0 Å². The van der Waals surface area contributed by atoms with Crippen molar-refractivity contribution >= 4 is 11.8 Å². The van der Waals surface area contributed by atoms with Gasteiger partial charge in [0, 0.05) is 18.7 Å². The van der Waals surface area contributed by atoms with E-state index in [0.717, 1.165) is 13.0 Å². The van der Waals surface area contributed by atoms with Crippen molar-refractivity contribution in [1.29, 1.82) is 0 Å². The topological polar surface area (TPSA) is 62.7 Å². The standard InChI is InChI=1S/C13H16FN5/c1-2-7-15-12-9-17-19-13(18-12)16-8-10-5-3-4-6-11(10)14/h3-6,9H,2,7-8H2,1H3,(H2,15,16,18,19). The summed E-state index contributed by atoms with van der Waals surface area (Å²) in [5.41, 5.74) is 0.568. The van der Waals surface area contributed by atoms with Gasteiger partial charge in [0.15, 0.2) is 0 Å². The lowest BCUT2D eigenvalue weighted by Crippen LogP contribution is -2.09. The van der Waals surface area contributed by atoms with Gasteiger partial charge in [0.05, 0.1) is 6.20 Å². The first-order chi connectivity index (χ1) is 9.29. The summed E-state index contributed by atoms with van der Waals surface area (Å²) in [6.07, 6.45) is 2.56. The predicted molar refractivity (Wildman–Crippen MR) is 72.3 cm³/mol. The molecule has 100 valence electrons. The fourth-order valence-electron chi connectivity index (χ4n) is 1.53. The molecule has 0 bridgehead atoms. The molecule has 6 heteroatoms. The normalized spacial score (nSPS) is 10.2. The van der Waals surface area contributed by atoms with Gasteiger partial charge in [-0.2, -0.15) is 10.1 Å². The summed E-state index contributed by atoms with van der Waals surface area (Å²) in [7, 11) is 0. The maximum atomic E-state index is 13.4. The van der Waals surface area contributed by atoms with E-state index >= 15 is 0 Å². The first-order valence-electron chi connectivity index (χ1n) is 6.20. The van der Waals surface area contributed by atoms with Crippen molar-refractivity contribution in [1.82, 2.24) is 15.2 Å². The molecule has 1 aromatic carbocycles. The number of nitrogens with zero attached hydrogens (tertiary/aromatic N) is 3. The highest BCUT2D eigenvalue weighted by Crippen LogP contribution is 2.09. The van der Waals surface area contributed by atoms with E-state index < -0.39 is 0 Å². The molecule has 0 unspecified atom stereocenters. The maximum Gasteiger partial charge on any atom is 0.244 e. The molecule has 0 amide bonds. The van der Waals surface area contributed by atoms with Gasteiger partial charge in [-0.1, -0.05) is 25.1 Å². The van der Waals surface area contributed by atoms with Crippen LogP contribution in [0.5, 0.6) is 0 Å². The Morgan fingerprint density at radius 2 is 2.05 bits per heavy atom. The van der Waals surface area contributed by atoms with Gasteiger partial charge in [-0.15, -0.1) is 5.10 Å². The van der Waals surface area contributed by atoms with E-state index in [9.17, 15) is 4.39 Å². The van der Waals surface area contributed by atoms with Crippen molar-refractivity contribution in [3.8, 4) is 0 Å². The molecule has 0 aliphatic rings. The molecule has 2 aromatic rings. The molecule has 0 spiro atoms. The highest BCUT2D eigenvalue weighted by molar-refractivity contribution is 5.37. The molecule has 19 heavy (non-hydrogen) atoms. The minimum atomic E-state index is -0.247. The van der Waals surface area contributed by atoms with Gasteiger partial charge in [0.2, 0.25) is 5.95 Å². The number of anilines is 2. The third kappa shape index (κ3) is 3.87. The summed E-state index contributed by atoms with van der Waals surface area (Å²) in [6, 6.07) is 6.59. The monoisotopic (exact) mass is 261 g/mol. The van der Waals surface area contributed by atoms with E-state index in [1.165, 1.54) is 6.07 Å². The predicted octanol–water partition coefficient (Wildman–Crippen LogP) is 2.44. The number of hydrogen-bond donors (Lipinski definition) is 2. The molecule has 1 heterocycles. The Morgan fingerprint density at radius 1 is 1.21 bits per heavy atom. The zero-order valence-corrected chi connectivity index (χ0v) is 10.7. The van der Waals surface area contributed by atoms with Crippen LogP contribution >= 0.6 is 0 Å². The fourth-order valence-corrected chi connectivity index (χ4v) is 1.53. The number of aromatic nitrogens is 3. The summed E-state index contributed by atoms with van der Waals surface area (Å²) < 4.78 is 13.4. The Kier molecular flexibility index (Phi) is 4.60. The first kappa shape index (κ1) is 13.2. The van der Waals surface area contributed by atoms with Crippen molar-refractivity contribution in [2.75, 3.05) is 17.2 Å². The molecular formula is C13H16FN5. The van der Waals surface area contributed by atoms with Crippen LogP contribution < -0.4 is 10.6 Å². The van der Waals surface area contributed by atoms with E-state index in [2.05, 4.69) is 32.7 Å². The van der Waals surface area contributed by atoms with Crippen molar-refractivity contribution < 1.29 is 4.39 Å². The van der Waals surface area contributed by atoms with Crippen LogP contribution in [0.4, 0.5) is 16.2 Å². The molecule has 0 aliphatic carbocycles. The number of benzene rings is 1. The third-order valence-corrected chi connectivity index (χ3v) is 2.51. The molecule has 0 saturated carbocycles. The van der Waals surface area contributed by atoms with Crippen LogP contribution in [0.15, 0.2) is 30.5 Å². The fraction of sp³-hybridized carbons (Fsp3) is 0.308. The summed E-state index contributed by atoms with van der Waals surface area (Å²) in [6.45, 7) is 3.22. The van der Waals surface area contributed by atoms with Gasteiger partial charge >= 0.3 is 0 Å². The van der Waals surface area contributed by atoms with Crippen LogP contribution in [-0.4, -0.2) is 21.7 Å². The second-order valence-electron chi connectivity index (χ2n) is 4.04. The van der Waals surface area contributed by atoms with Crippen LogP contribution in [0.1, 0.15) is 18.9 Å². The zero-order valence-electron chi connectivity index (χ0n) is 10.7. The van der Waals surface area contributed by atoms with Gasteiger partial charge in [-0.3, -0.25) is 0 Å². The minimum absolute atomic E-state index is 0.247. The van der Waals surface area contributed by atoms with E-state index in [1.807, 2.05) is 0 Å². The van der Waals surface area contributed by atoms with Gasteiger partial charge in [-0.05, 0) is 12.5 Å². The largest absolute Gasteiger partial charge is 0.369 e. The lowest BCUT2D eigenvalue weighted by Gasteiger charge is -2.07. The second kappa shape index (κ2) is 6.63. The second-order valence-corrected chi connectivity index (χ2v) is 4.04. The summed E-state index contributed by atoms with van der Waals surface area (Å²) in [4.78, 5) is 4.24. The van der Waals surface area contributed by atoms with Crippen molar-refractivity contribution in [3.05, 3.63) is 41.8 Å². The van der Waals surface area contributed by atoms with Crippen LogP contribution in [0.3, 0.4) is 0 Å². The van der Waals surface area contributed by atoms with Crippen LogP contribution in [0, 0.1) is 5.82 Å². The van der Waals surface area contributed by atoms with Crippen molar-refractivity contribution in [2.45, 2.75) is 19.9 Å². The van der Waals surface area contributed by atoms with Gasteiger partial charge in [0.25, 0.3) is 0 Å². The van der Waals surface area contributed by atoms with Crippen molar-refractivity contribution in [2.24, 2.45) is 0 Å². The molecule has 0 atom stereocenters. The third-order valence-electron chi connectivity index (χ3n) is 2.51. The number of hydrogen-bond acceptors (Lipinski definition) is 5. The number of halogens is 1. The SMILES string of the molecule is CCCNc1cnnc(NCc2ccccc2F)n1. The van der Waals surface area contributed by atoms with E-state index in [-0.39, 0.29) is 5.82 Å².